The molecule has 0 spiro atoms. The first-order valence-corrected chi connectivity index (χ1v) is 9.29. The van der Waals surface area contributed by atoms with Gasteiger partial charge in [-0.2, -0.15) is 11.8 Å². The van der Waals surface area contributed by atoms with Crippen molar-refractivity contribution >= 4 is 56.5 Å². The third-order valence-corrected chi connectivity index (χ3v) is 5.66. The van der Waals surface area contributed by atoms with Gasteiger partial charge in [-0.25, -0.2) is 0 Å². The number of halogens is 2. The predicted molar refractivity (Wildman–Crippen MR) is 93.6 cm³/mol. The number of nitrogens with one attached hydrogen (secondary N) is 1. The SMILES string of the molecule is O=C(NCCSCc1ccc(Br)s1)c1cc(Cl)ccc1O. The molecule has 0 bridgehead atoms. The number of hydrogen-bond donors (Lipinski definition) is 2. The molecule has 3 nitrogen and oxygen atoms in total. The zero-order valence-electron chi connectivity index (χ0n) is 10.9. The summed E-state index contributed by atoms with van der Waals surface area (Å²) < 4.78 is 1.13. The van der Waals surface area contributed by atoms with E-state index in [1.165, 1.54) is 17.0 Å². The van der Waals surface area contributed by atoms with Crippen LogP contribution in [-0.2, 0) is 5.75 Å². The Balaban J connectivity index is 1.73. The first-order chi connectivity index (χ1) is 10.1. The van der Waals surface area contributed by atoms with E-state index in [1.807, 2.05) is 6.07 Å². The van der Waals surface area contributed by atoms with E-state index in [0.29, 0.717) is 11.6 Å². The molecule has 0 unspecified atom stereocenters. The van der Waals surface area contributed by atoms with Crippen LogP contribution in [0, 0.1) is 0 Å². The third kappa shape index (κ3) is 5.21. The first kappa shape index (κ1) is 16.7. The lowest BCUT2D eigenvalue weighted by Crippen LogP contribution is -2.25. The molecule has 1 heterocycles. The number of benzene rings is 1. The van der Waals surface area contributed by atoms with Crippen LogP contribution in [0.5, 0.6) is 5.75 Å². The van der Waals surface area contributed by atoms with E-state index < -0.39 is 0 Å². The van der Waals surface area contributed by atoms with Gasteiger partial charge in [-0.3, -0.25) is 4.79 Å². The van der Waals surface area contributed by atoms with Crippen LogP contribution in [0.2, 0.25) is 5.02 Å². The topological polar surface area (TPSA) is 49.3 Å². The quantitative estimate of drug-likeness (QED) is 0.693. The van der Waals surface area contributed by atoms with Gasteiger partial charge in [-0.15, -0.1) is 11.3 Å². The van der Waals surface area contributed by atoms with Gasteiger partial charge in [0.25, 0.3) is 5.91 Å². The van der Waals surface area contributed by atoms with Gasteiger partial charge in [0.15, 0.2) is 0 Å². The highest BCUT2D eigenvalue weighted by Crippen LogP contribution is 2.25. The lowest BCUT2D eigenvalue weighted by atomic mass is 10.2. The maximum Gasteiger partial charge on any atom is 0.255 e. The van der Waals surface area contributed by atoms with E-state index in [9.17, 15) is 9.90 Å². The Morgan fingerprint density at radius 3 is 2.90 bits per heavy atom. The Labute approximate surface area is 144 Å². The van der Waals surface area contributed by atoms with E-state index in [0.717, 1.165) is 15.3 Å². The molecule has 7 heteroatoms. The van der Waals surface area contributed by atoms with Gasteiger partial charge >= 0.3 is 0 Å². The van der Waals surface area contributed by atoms with E-state index >= 15 is 0 Å². The molecule has 2 rings (SSSR count). The van der Waals surface area contributed by atoms with Crippen molar-refractivity contribution in [3.8, 4) is 5.75 Å². The van der Waals surface area contributed by atoms with Crippen LogP contribution in [-0.4, -0.2) is 23.3 Å². The zero-order chi connectivity index (χ0) is 15.2. The highest BCUT2D eigenvalue weighted by Gasteiger charge is 2.10. The zero-order valence-corrected chi connectivity index (χ0v) is 14.9. The second-order valence-electron chi connectivity index (χ2n) is 4.18. The fourth-order valence-electron chi connectivity index (χ4n) is 1.62. The van der Waals surface area contributed by atoms with Gasteiger partial charge < -0.3 is 10.4 Å². The third-order valence-electron chi connectivity index (χ3n) is 2.61. The predicted octanol–water partition coefficient (Wildman–Crippen LogP) is 4.53. The summed E-state index contributed by atoms with van der Waals surface area (Å²) >= 11 is 12.7. The molecule has 2 aromatic rings. The monoisotopic (exact) mass is 405 g/mol. The Morgan fingerprint density at radius 2 is 2.19 bits per heavy atom. The number of rotatable bonds is 6. The van der Waals surface area contributed by atoms with Crippen LogP contribution in [0.15, 0.2) is 34.1 Å². The Bertz CT molecular complexity index is 633. The van der Waals surface area contributed by atoms with Crippen molar-refractivity contribution in [2.45, 2.75) is 5.75 Å². The number of amides is 1. The van der Waals surface area contributed by atoms with Crippen molar-refractivity contribution in [3.05, 3.63) is 49.6 Å². The molecule has 0 radical (unpaired) electrons. The van der Waals surface area contributed by atoms with Gasteiger partial charge in [0.2, 0.25) is 0 Å². The Kier molecular flexibility index (Phi) is 6.41. The number of thioether (sulfide) groups is 1. The van der Waals surface area contributed by atoms with Gasteiger partial charge in [-0.1, -0.05) is 11.6 Å². The average molecular weight is 407 g/mol. The van der Waals surface area contributed by atoms with Crippen molar-refractivity contribution in [2.75, 3.05) is 12.3 Å². The van der Waals surface area contributed by atoms with Crippen LogP contribution in [0.3, 0.4) is 0 Å². The fraction of sp³-hybridized carbons (Fsp3) is 0.214. The highest BCUT2D eigenvalue weighted by molar-refractivity contribution is 9.11. The number of hydrogen-bond acceptors (Lipinski definition) is 4. The second kappa shape index (κ2) is 8.08. The highest BCUT2D eigenvalue weighted by atomic mass is 79.9. The van der Waals surface area contributed by atoms with Crippen LogP contribution in [0.1, 0.15) is 15.2 Å². The molecule has 112 valence electrons. The summed E-state index contributed by atoms with van der Waals surface area (Å²) in [6.45, 7) is 0.544. The molecule has 21 heavy (non-hydrogen) atoms. The molecule has 2 N–H and O–H groups in total. The molecular formula is C14H13BrClNO2S2. The summed E-state index contributed by atoms with van der Waals surface area (Å²) in [5, 5.41) is 12.8. The molecule has 0 saturated carbocycles. The summed E-state index contributed by atoms with van der Waals surface area (Å²) in [5.41, 5.74) is 0.203. The summed E-state index contributed by atoms with van der Waals surface area (Å²) in [7, 11) is 0. The molecule has 0 aliphatic heterocycles. The fourth-order valence-corrected chi connectivity index (χ4v) is 4.25. The summed E-state index contributed by atoms with van der Waals surface area (Å²) in [6, 6.07) is 8.54. The van der Waals surface area contributed by atoms with Crippen LogP contribution >= 0.6 is 50.6 Å². The van der Waals surface area contributed by atoms with Crippen molar-refractivity contribution < 1.29 is 9.90 Å². The number of carbonyl (C=O) groups is 1. The molecule has 0 fully saturated rings. The van der Waals surface area contributed by atoms with E-state index in [4.69, 9.17) is 11.6 Å². The molecular weight excluding hydrogens is 394 g/mol. The normalized spacial score (nSPS) is 10.6. The molecule has 1 amide bonds. The number of carbonyl (C=O) groups excluding carboxylic acids is 1. The van der Waals surface area contributed by atoms with Crippen molar-refractivity contribution in [2.24, 2.45) is 0 Å². The lowest BCUT2D eigenvalue weighted by Gasteiger charge is -2.07. The molecule has 0 saturated heterocycles. The maximum atomic E-state index is 11.9. The number of phenols is 1. The van der Waals surface area contributed by atoms with Gasteiger partial charge in [0.05, 0.1) is 9.35 Å². The van der Waals surface area contributed by atoms with Gasteiger partial charge in [-0.05, 0) is 46.3 Å². The largest absolute Gasteiger partial charge is 0.507 e. The first-order valence-electron chi connectivity index (χ1n) is 6.15. The maximum absolute atomic E-state index is 11.9. The minimum absolute atomic E-state index is 0.0620. The minimum atomic E-state index is -0.311. The van der Waals surface area contributed by atoms with Crippen molar-refractivity contribution in [3.63, 3.8) is 0 Å². The van der Waals surface area contributed by atoms with Crippen LogP contribution in [0.4, 0.5) is 0 Å². The van der Waals surface area contributed by atoms with Gasteiger partial charge in [0, 0.05) is 28.0 Å². The molecule has 0 aliphatic rings. The van der Waals surface area contributed by atoms with Crippen LogP contribution in [0.25, 0.3) is 0 Å². The van der Waals surface area contributed by atoms with E-state index in [2.05, 4.69) is 27.3 Å². The van der Waals surface area contributed by atoms with Gasteiger partial charge in [0.1, 0.15) is 5.75 Å². The number of phenolic OH excluding ortho intramolecular Hbond substituents is 1. The number of aromatic hydroxyl groups is 1. The second-order valence-corrected chi connectivity index (χ2v) is 8.26. The molecule has 1 aromatic heterocycles. The minimum Gasteiger partial charge on any atom is -0.507 e. The Morgan fingerprint density at radius 1 is 1.38 bits per heavy atom. The molecule has 0 aliphatic carbocycles. The molecule has 0 atom stereocenters. The van der Waals surface area contributed by atoms with E-state index in [-0.39, 0.29) is 17.2 Å². The van der Waals surface area contributed by atoms with Crippen molar-refractivity contribution in [1.82, 2.24) is 5.32 Å². The van der Waals surface area contributed by atoms with E-state index in [1.54, 1.807) is 29.2 Å². The lowest BCUT2D eigenvalue weighted by molar-refractivity contribution is 0.0953. The molecule has 1 aromatic carbocycles. The summed E-state index contributed by atoms with van der Waals surface area (Å²) in [6.07, 6.45) is 0. The number of thiophene rings is 1. The van der Waals surface area contributed by atoms with Crippen LogP contribution < -0.4 is 5.32 Å². The average Bonchev–Trinajstić information content (AvgIpc) is 2.86. The standard InChI is InChI=1S/C14H13BrClNO2S2/c15-13-4-2-10(21-13)8-20-6-5-17-14(19)11-7-9(16)1-3-12(11)18/h1-4,7,18H,5-6,8H2,(H,17,19). The smallest absolute Gasteiger partial charge is 0.255 e. The summed E-state index contributed by atoms with van der Waals surface area (Å²) in [4.78, 5) is 13.2. The van der Waals surface area contributed by atoms with Crippen molar-refractivity contribution in [1.29, 1.82) is 0 Å². The Hall–Kier alpha value is -0.690. The summed E-state index contributed by atoms with van der Waals surface area (Å²) in [5.74, 6) is 1.36.